The Morgan fingerprint density at radius 1 is 1.07 bits per heavy atom. The van der Waals surface area contributed by atoms with Gasteiger partial charge in [-0.3, -0.25) is 10.1 Å². The van der Waals surface area contributed by atoms with Gasteiger partial charge in [0.1, 0.15) is 12.2 Å². The molecule has 0 aliphatic carbocycles. The molecule has 1 aromatic rings. The second-order valence-corrected chi connectivity index (χ2v) is 8.11. The fraction of sp³-hybridized carbons (Fsp3) is 0.632. The molecule has 0 aromatic heterocycles. The number of ether oxygens (including phenoxy) is 6. The normalized spacial score (nSPS) is 34.7. The summed E-state index contributed by atoms with van der Waals surface area (Å²) in [4.78, 5) is 23.0. The number of rotatable bonds is 4. The van der Waals surface area contributed by atoms with Crippen LogP contribution < -0.4 is 0 Å². The summed E-state index contributed by atoms with van der Waals surface area (Å²) in [5.41, 5.74) is 0.0663. The molecule has 0 saturated carbocycles. The molecule has 0 bridgehead atoms. The molecule has 1 aromatic carbocycles. The third-order valence-corrected chi connectivity index (χ3v) is 4.98. The van der Waals surface area contributed by atoms with E-state index >= 15 is 0 Å². The van der Waals surface area contributed by atoms with Gasteiger partial charge in [-0.25, -0.2) is 4.79 Å². The minimum absolute atomic E-state index is 0.114. The van der Waals surface area contributed by atoms with Gasteiger partial charge in [0.2, 0.25) is 0 Å². The van der Waals surface area contributed by atoms with Crippen molar-refractivity contribution >= 4 is 11.7 Å². The van der Waals surface area contributed by atoms with Crippen LogP contribution in [-0.2, 0) is 28.4 Å². The molecule has 3 aliphatic rings. The summed E-state index contributed by atoms with van der Waals surface area (Å²) in [7, 11) is 0. The van der Waals surface area contributed by atoms with E-state index in [1.54, 1.807) is 27.7 Å². The fourth-order valence-corrected chi connectivity index (χ4v) is 3.73. The van der Waals surface area contributed by atoms with E-state index in [0.717, 1.165) is 0 Å². The molecule has 0 radical (unpaired) electrons. The van der Waals surface area contributed by atoms with Crippen LogP contribution in [0.4, 0.5) is 5.69 Å². The maximum Gasteiger partial charge on any atom is 0.338 e. The van der Waals surface area contributed by atoms with E-state index in [4.69, 9.17) is 28.4 Å². The van der Waals surface area contributed by atoms with Crippen LogP contribution in [0.3, 0.4) is 0 Å². The summed E-state index contributed by atoms with van der Waals surface area (Å²) in [5, 5.41) is 10.8. The minimum Gasteiger partial charge on any atom is -0.453 e. The number of hydrogen-bond acceptors (Lipinski definition) is 9. The van der Waals surface area contributed by atoms with Crippen LogP contribution in [0, 0.1) is 10.1 Å². The van der Waals surface area contributed by atoms with Gasteiger partial charge >= 0.3 is 5.97 Å². The molecule has 10 nitrogen and oxygen atoms in total. The van der Waals surface area contributed by atoms with E-state index in [2.05, 4.69) is 0 Å². The van der Waals surface area contributed by atoms with Crippen LogP contribution in [-0.4, -0.2) is 59.8 Å². The van der Waals surface area contributed by atoms with Crippen molar-refractivity contribution in [2.45, 2.75) is 70.0 Å². The van der Waals surface area contributed by atoms with Crippen molar-refractivity contribution in [3.8, 4) is 0 Å². The monoisotopic (exact) mass is 409 g/mol. The Labute approximate surface area is 167 Å². The van der Waals surface area contributed by atoms with Crippen LogP contribution in [0.5, 0.6) is 0 Å². The van der Waals surface area contributed by atoms with Crippen molar-refractivity contribution in [3.05, 3.63) is 39.9 Å². The Morgan fingerprint density at radius 2 is 1.76 bits per heavy atom. The van der Waals surface area contributed by atoms with Gasteiger partial charge in [-0.2, -0.15) is 0 Å². The van der Waals surface area contributed by atoms with Gasteiger partial charge < -0.3 is 28.4 Å². The van der Waals surface area contributed by atoms with E-state index < -0.39 is 53.2 Å². The molecule has 29 heavy (non-hydrogen) atoms. The molecule has 0 N–H and O–H groups in total. The highest BCUT2D eigenvalue weighted by Crippen LogP contribution is 2.42. The zero-order valence-electron chi connectivity index (χ0n) is 16.5. The van der Waals surface area contributed by atoms with Gasteiger partial charge in [0.05, 0.1) is 17.1 Å². The smallest absolute Gasteiger partial charge is 0.338 e. The second-order valence-electron chi connectivity index (χ2n) is 8.11. The van der Waals surface area contributed by atoms with Gasteiger partial charge in [0.15, 0.2) is 30.1 Å². The van der Waals surface area contributed by atoms with Gasteiger partial charge in [-0.15, -0.1) is 0 Å². The highest BCUT2D eigenvalue weighted by Gasteiger charge is 2.60. The molecule has 3 saturated heterocycles. The van der Waals surface area contributed by atoms with E-state index in [-0.39, 0.29) is 17.9 Å². The molecule has 0 amide bonds. The highest BCUT2D eigenvalue weighted by atomic mass is 16.8. The Kier molecular flexibility index (Phi) is 4.87. The van der Waals surface area contributed by atoms with Gasteiger partial charge in [0.25, 0.3) is 5.69 Å². The predicted octanol–water partition coefficient (Wildman–Crippen LogP) is 2.15. The lowest BCUT2D eigenvalue weighted by Gasteiger charge is -2.28. The van der Waals surface area contributed by atoms with E-state index in [1.165, 1.54) is 24.3 Å². The summed E-state index contributed by atoms with van der Waals surface area (Å²) in [6.07, 6.45) is -3.27. The molecule has 0 unspecified atom stereocenters. The minimum atomic E-state index is -0.884. The van der Waals surface area contributed by atoms with Gasteiger partial charge in [-0.05, 0) is 39.8 Å². The van der Waals surface area contributed by atoms with Crippen molar-refractivity contribution < 1.29 is 38.1 Å². The highest BCUT2D eigenvalue weighted by molar-refractivity contribution is 5.89. The molecule has 4 rings (SSSR count). The maximum absolute atomic E-state index is 12.7. The van der Waals surface area contributed by atoms with E-state index in [0.29, 0.717) is 0 Å². The first-order chi connectivity index (χ1) is 13.5. The van der Waals surface area contributed by atoms with Crippen molar-refractivity contribution in [1.82, 2.24) is 0 Å². The lowest BCUT2D eigenvalue weighted by molar-refractivity contribution is -0.384. The van der Waals surface area contributed by atoms with Crippen molar-refractivity contribution in [2.75, 3.05) is 6.61 Å². The first-order valence-corrected chi connectivity index (χ1v) is 9.33. The number of carbonyl (C=O) groups is 1. The lowest BCUT2D eigenvalue weighted by atomic mass is 10.1. The zero-order chi connectivity index (χ0) is 21.0. The largest absolute Gasteiger partial charge is 0.453 e. The Bertz CT molecular complexity index is 806. The number of benzene rings is 1. The fourth-order valence-electron chi connectivity index (χ4n) is 3.73. The number of fused-ring (bicyclic) bond motifs is 1. The first-order valence-electron chi connectivity index (χ1n) is 9.33. The number of non-ortho nitro benzene ring substituents is 1. The average Bonchev–Trinajstić information content (AvgIpc) is 3.25. The summed E-state index contributed by atoms with van der Waals surface area (Å²) in [6.45, 7) is 7.34. The Balaban J connectivity index is 1.53. The number of carbonyl (C=O) groups excluding carboxylic acids is 1. The third kappa shape index (κ3) is 3.99. The lowest BCUT2D eigenvalue weighted by Crippen LogP contribution is -2.45. The Hall–Kier alpha value is -2.11. The molecular formula is C19H23NO9. The molecule has 158 valence electrons. The number of hydrogen-bond donors (Lipinski definition) is 0. The third-order valence-electron chi connectivity index (χ3n) is 4.98. The summed E-state index contributed by atoms with van der Waals surface area (Å²) in [5.74, 6) is -2.31. The summed E-state index contributed by atoms with van der Waals surface area (Å²) in [6, 6.07) is 5.18. The van der Waals surface area contributed by atoms with Crippen LogP contribution in [0.2, 0.25) is 0 Å². The van der Waals surface area contributed by atoms with E-state index in [9.17, 15) is 14.9 Å². The van der Waals surface area contributed by atoms with Crippen LogP contribution >= 0.6 is 0 Å². The number of nitrogens with zero attached hydrogens (tertiary/aromatic N) is 1. The van der Waals surface area contributed by atoms with Gasteiger partial charge in [-0.1, -0.05) is 0 Å². The molecule has 5 atom stereocenters. The van der Waals surface area contributed by atoms with Crippen molar-refractivity contribution in [1.29, 1.82) is 0 Å². The molecule has 3 aliphatic heterocycles. The van der Waals surface area contributed by atoms with Crippen molar-refractivity contribution in [2.24, 2.45) is 0 Å². The number of nitro groups is 1. The average molecular weight is 409 g/mol. The van der Waals surface area contributed by atoms with Crippen molar-refractivity contribution in [3.63, 3.8) is 0 Å². The maximum atomic E-state index is 12.7. The molecular weight excluding hydrogens is 386 g/mol. The van der Waals surface area contributed by atoms with E-state index in [1.807, 2.05) is 0 Å². The summed E-state index contributed by atoms with van der Waals surface area (Å²) < 4.78 is 34.9. The SMILES string of the molecule is CC1(C)O[C@H]2O[C@H]([C@@H]3COC(C)(C)O3)[C@H](OC(=O)c3ccc([N+](=O)[O-])cc3)[C@H]2O1. The van der Waals surface area contributed by atoms with Crippen LogP contribution in [0.1, 0.15) is 38.1 Å². The quantitative estimate of drug-likeness (QED) is 0.419. The second kappa shape index (κ2) is 6.99. The molecule has 10 heteroatoms. The number of nitro benzene ring substituents is 1. The molecule has 3 heterocycles. The van der Waals surface area contributed by atoms with Crippen LogP contribution in [0.15, 0.2) is 24.3 Å². The topological polar surface area (TPSA) is 116 Å². The Morgan fingerprint density at radius 3 is 2.34 bits per heavy atom. The van der Waals surface area contributed by atoms with Crippen LogP contribution in [0.25, 0.3) is 0 Å². The molecule has 3 fully saturated rings. The van der Waals surface area contributed by atoms with Gasteiger partial charge in [0, 0.05) is 12.1 Å². The molecule has 0 spiro atoms. The summed E-state index contributed by atoms with van der Waals surface area (Å²) >= 11 is 0. The first kappa shape index (κ1) is 20.2. The standard InChI is InChI=1S/C19H23NO9/c1-18(2)24-9-12(27-18)13-14(15-17(26-13)29-19(3,4)28-15)25-16(21)10-5-7-11(8-6-10)20(22)23/h5-8,12-15,17H,9H2,1-4H3/t12-,13+,14-,15+,17+/m0/s1. The number of esters is 1. The zero-order valence-corrected chi connectivity index (χ0v) is 16.5. The predicted molar refractivity (Wildman–Crippen MR) is 95.9 cm³/mol.